The molecule has 0 amide bonds. The van der Waals surface area contributed by atoms with Crippen molar-refractivity contribution in [1.29, 1.82) is 10.5 Å². The molecule has 1 N–H and O–H groups in total. The lowest BCUT2D eigenvalue weighted by Crippen LogP contribution is -1.85. The second-order valence-corrected chi connectivity index (χ2v) is 2.89. The number of nitriles is 2. The lowest BCUT2D eigenvalue weighted by Gasteiger charge is -1.99. The molecular weight excluding hydrogens is 220 g/mol. The number of hydrogen-bond acceptors (Lipinski definition) is 3. The van der Waals surface area contributed by atoms with Crippen molar-refractivity contribution in [3.8, 4) is 17.9 Å². The Morgan fingerprint density at radius 2 is 1.75 bits per heavy atom. The zero-order valence-corrected chi connectivity index (χ0v) is 7.46. The minimum Gasteiger partial charge on any atom is -0.507 e. The molecule has 12 heavy (non-hydrogen) atoms. The summed E-state index contributed by atoms with van der Waals surface area (Å²) in [6, 6.07) is 6.47. The topological polar surface area (TPSA) is 67.8 Å². The number of benzene rings is 1. The van der Waals surface area contributed by atoms with E-state index in [1.165, 1.54) is 12.1 Å². The molecule has 0 saturated heterocycles. The van der Waals surface area contributed by atoms with Crippen LogP contribution in [0, 0.1) is 22.7 Å². The maximum Gasteiger partial charge on any atom is 0.134 e. The molecule has 1 aromatic rings. The predicted octanol–water partition coefficient (Wildman–Crippen LogP) is 1.90. The average Bonchev–Trinajstić information content (AvgIpc) is 2.08. The number of nitrogens with zero attached hydrogens (tertiary/aromatic N) is 2. The van der Waals surface area contributed by atoms with Gasteiger partial charge in [-0.3, -0.25) is 0 Å². The number of phenolic OH excluding ortho intramolecular Hbond substituents is 1. The van der Waals surface area contributed by atoms with Crippen LogP contribution in [0.2, 0.25) is 0 Å². The monoisotopic (exact) mass is 222 g/mol. The number of rotatable bonds is 0. The second kappa shape index (κ2) is 3.25. The largest absolute Gasteiger partial charge is 0.507 e. The molecule has 0 spiro atoms. The lowest BCUT2D eigenvalue weighted by atomic mass is 10.1. The first kappa shape index (κ1) is 8.58. The molecule has 0 aliphatic rings. The summed E-state index contributed by atoms with van der Waals surface area (Å²) in [7, 11) is 0. The van der Waals surface area contributed by atoms with Gasteiger partial charge >= 0.3 is 0 Å². The van der Waals surface area contributed by atoms with Crippen molar-refractivity contribution >= 4 is 15.9 Å². The van der Waals surface area contributed by atoms with Crippen LogP contribution in [0.5, 0.6) is 5.75 Å². The summed E-state index contributed by atoms with van der Waals surface area (Å²) in [4.78, 5) is 0. The van der Waals surface area contributed by atoms with Gasteiger partial charge < -0.3 is 5.11 Å². The van der Waals surface area contributed by atoms with Crippen molar-refractivity contribution in [3.63, 3.8) is 0 Å². The Labute approximate surface area is 77.6 Å². The molecule has 0 radical (unpaired) electrons. The third kappa shape index (κ3) is 1.25. The van der Waals surface area contributed by atoms with Gasteiger partial charge in [-0.25, -0.2) is 0 Å². The van der Waals surface area contributed by atoms with Crippen molar-refractivity contribution in [2.75, 3.05) is 0 Å². The number of hydrogen-bond donors (Lipinski definition) is 1. The van der Waals surface area contributed by atoms with Crippen molar-refractivity contribution in [3.05, 3.63) is 27.7 Å². The van der Waals surface area contributed by atoms with Gasteiger partial charge in [-0.2, -0.15) is 10.5 Å². The van der Waals surface area contributed by atoms with Crippen LogP contribution >= 0.6 is 15.9 Å². The Bertz CT molecular complexity index is 362. The van der Waals surface area contributed by atoms with E-state index in [2.05, 4.69) is 15.9 Å². The molecule has 0 aliphatic heterocycles. The van der Waals surface area contributed by atoms with Crippen LogP contribution in [-0.4, -0.2) is 5.11 Å². The Kier molecular flexibility index (Phi) is 2.32. The first-order valence-electron chi connectivity index (χ1n) is 3.02. The highest BCUT2D eigenvalue weighted by atomic mass is 79.9. The number of aromatic hydroxyl groups is 1. The summed E-state index contributed by atoms with van der Waals surface area (Å²) in [5.74, 6) is -0.169. The Hall–Kier alpha value is -1.52. The molecule has 0 heterocycles. The third-order valence-electron chi connectivity index (χ3n) is 1.36. The molecule has 0 aliphatic carbocycles. The smallest absolute Gasteiger partial charge is 0.134 e. The van der Waals surface area contributed by atoms with Gasteiger partial charge in [0.05, 0.1) is 5.56 Å². The summed E-state index contributed by atoms with van der Waals surface area (Å²) in [5.41, 5.74) is 0.171. The molecule has 1 aromatic carbocycles. The normalized spacial score (nSPS) is 8.58. The highest BCUT2D eigenvalue weighted by Gasteiger charge is 2.09. The van der Waals surface area contributed by atoms with E-state index in [0.29, 0.717) is 4.47 Å². The minimum atomic E-state index is -0.169. The fraction of sp³-hybridized carbons (Fsp3) is 0. The summed E-state index contributed by atoms with van der Waals surface area (Å²) < 4.78 is 0.513. The molecule has 3 nitrogen and oxygen atoms in total. The van der Waals surface area contributed by atoms with Crippen LogP contribution in [0.15, 0.2) is 16.6 Å². The van der Waals surface area contributed by atoms with E-state index in [1.807, 2.05) is 6.07 Å². The highest BCUT2D eigenvalue weighted by Crippen LogP contribution is 2.26. The maximum atomic E-state index is 9.15. The summed E-state index contributed by atoms with van der Waals surface area (Å²) in [6.07, 6.45) is 0. The fourth-order valence-electron chi connectivity index (χ4n) is 0.789. The van der Waals surface area contributed by atoms with Crippen LogP contribution in [0.4, 0.5) is 0 Å². The van der Waals surface area contributed by atoms with E-state index >= 15 is 0 Å². The van der Waals surface area contributed by atoms with E-state index < -0.39 is 0 Å². The van der Waals surface area contributed by atoms with Crippen LogP contribution < -0.4 is 0 Å². The zero-order chi connectivity index (χ0) is 9.14. The summed E-state index contributed by atoms with van der Waals surface area (Å²) >= 11 is 3.10. The van der Waals surface area contributed by atoms with Gasteiger partial charge in [0.1, 0.15) is 23.5 Å². The first-order valence-corrected chi connectivity index (χ1v) is 3.81. The maximum absolute atomic E-state index is 9.15. The molecule has 0 bridgehead atoms. The number of halogens is 1. The highest BCUT2D eigenvalue weighted by molar-refractivity contribution is 9.10. The van der Waals surface area contributed by atoms with Gasteiger partial charge in [0.25, 0.3) is 0 Å². The molecule has 58 valence electrons. The van der Waals surface area contributed by atoms with Crippen molar-refractivity contribution < 1.29 is 5.11 Å². The zero-order valence-electron chi connectivity index (χ0n) is 5.87. The quantitative estimate of drug-likeness (QED) is 0.730. The van der Waals surface area contributed by atoms with Gasteiger partial charge in [0, 0.05) is 4.47 Å². The van der Waals surface area contributed by atoms with E-state index in [4.69, 9.17) is 15.6 Å². The Balaban J connectivity index is 3.55. The minimum absolute atomic E-state index is 0.00637. The molecule has 0 fully saturated rings. The molecule has 4 heteroatoms. The van der Waals surface area contributed by atoms with Gasteiger partial charge in [-0.15, -0.1) is 0 Å². The van der Waals surface area contributed by atoms with E-state index in [9.17, 15) is 0 Å². The lowest BCUT2D eigenvalue weighted by molar-refractivity contribution is 0.473. The Morgan fingerprint density at radius 3 is 2.17 bits per heavy atom. The number of phenols is 1. The molecule has 0 atom stereocenters. The summed E-state index contributed by atoms with van der Waals surface area (Å²) in [5, 5.41) is 26.3. The molecule has 1 rings (SSSR count). The van der Waals surface area contributed by atoms with Gasteiger partial charge in [-0.05, 0) is 28.1 Å². The fourth-order valence-corrected chi connectivity index (χ4v) is 1.21. The van der Waals surface area contributed by atoms with Gasteiger partial charge in [0.2, 0.25) is 0 Å². The standard InChI is InChI=1S/C8H3BrN2O/c9-7-1-2-8(12)6(4-11)5(7)3-10/h1-2,12H. The molecule has 0 aromatic heterocycles. The third-order valence-corrected chi connectivity index (χ3v) is 2.02. The van der Waals surface area contributed by atoms with Crippen LogP contribution in [0.1, 0.15) is 11.1 Å². The van der Waals surface area contributed by atoms with Crippen LogP contribution in [0.25, 0.3) is 0 Å². The van der Waals surface area contributed by atoms with Crippen molar-refractivity contribution in [2.45, 2.75) is 0 Å². The molecule has 0 saturated carbocycles. The van der Waals surface area contributed by atoms with Crippen LogP contribution in [-0.2, 0) is 0 Å². The van der Waals surface area contributed by atoms with Crippen LogP contribution in [0.3, 0.4) is 0 Å². The SMILES string of the molecule is N#Cc1c(O)ccc(Br)c1C#N. The molecular formula is C8H3BrN2O. The second-order valence-electron chi connectivity index (χ2n) is 2.04. The average molecular weight is 223 g/mol. The van der Waals surface area contributed by atoms with Crippen molar-refractivity contribution in [2.24, 2.45) is 0 Å². The van der Waals surface area contributed by atoms with E-state index in [0.717, 1.165) is 0 Å². The van der Waals surface area contributed by atoms with Crippen molar-refractivity contribution in [1.82, 2.24) is 0 Å². The summed E-state index contributed by atoms with van der Waals surface area (Å²) in [6.45, 7) is 0. The van der Waals surface area contributed by atoms with Gasteiger partial charge in [0.15, 0.2) is 0 Å². The van der Waals surface area contributed by atoms with Gasteiger partial charge in [-0.1, -0.05) is 0 Å². The first-order chi connectivity index (χ1) is 5.70. The van der Waals surface area contributed by atoms with E-state index in [-0.39, 0.29) is 16.9 Å². The Morgan fingerprint density at radius 1 is 1.17 bits per heavy atom. The van der Waals surface area contributed by atoms with E-state index in [1.54, 1.807) is 6.07 Å². The molecule has 0 unspecified atom stereocenters. The predicted molar refractivity (Wildman–Crippen MR) is 45.2 cm³/mol.